The molecule has 1 saturated carbocycles. The van der Waals surface area contributed by atoms with Gasteiger partial charge in [-0.15, -0.1) is 11.6 Å². The zero-order chi connectivity index (χ0) is 13.0. The van der Waals surface area contributed by atoms with Crippen LogP contribution in [-0.2, 0) is 0 Å². The van der Waals surface area contributed by atoms with Crippen LogP contribution >= 0.6 is 11.6 Å². The van der Waals surface area contributed by atoms with Gasteiger partial charge in [0.05, 0.1) is 13.2 Å². The van der Waals surface area contributed by atoms with E-state index in [1.165, 1.54) is 18.4 Å². The normalized spacial score (nSPS) is 23.1. The lowest BCUT2D eigenvalue weighted by Crippen LogP contribution is -2.06. The van der Waals surface area contributed by atoms with Crippen LogP contribution in [0.15, 0.2) is 18.2 Å². The summed E-state index contributed by atoms with van der Waals surface area (Å²) in [5.74, 6) is 2.13. The van der Waals surface area contributed by atoms with Crippen LogP contribution in [0.4, 0.5) is 0 Å². The van der Waals surface area contributed by atoms with E-state index >= 15 is 0 Å². The summed E-state index contributed by atoms with van der Waals surface area (Å²) in [4.78, 5) is 0. The quantitative estimate of drug-likeness (QED) is 0.739. The molecule has 0 amide bonds. The van der Waals surface area contributed by atoms with E-state index < -0.39 is 0 Å². The van der Waals surface area contributed by atoms with Crippen molar-refractivity contribution in [2.24, 2.45) is 0 Å². The molecule has 2 unspecified atom stereocenters. The first kappa shape index (κ1) is 13.5. The molecular formula is C15H21ClO2. The summed E-state index contributed by atoms with van der Waals surface area (Å²) >= 11 is 6.37. The molecular weight excluding hydrogens is 248 g/mol. The Morgan fingerprint density at radius 3 is 2.44 bits per heavy atom. The van der Waals surface area contributed by atoms with Gasteiger partial charge in [0.1, 0.15) is 0 Å². The first-order chi connectivity index (χ1) is 8.76. The standard InChI is InChI=1S/C15H21ClO2/c1-3-17-14-9-8-11(10-15(14)18-4-2)12-6-5-7-13(12)16/h8-10,12-13H,3-7H2,1-2H3. The molecule has 1 aromatic carbocycles. The van der Waals surface area contributed by atoms with Crippen molar-refractivity contribution in [1.29, 1.82) is 0 Å². The van der Waals surface area contributed by atoms with E-state index in [4.69, 9.17) is 21.1 Å². The molecule has 2 nitrogen and oxygen atoms in total. The number of halogens is 1. The lowest BCUT2D eigenvalue weighted by Gasteiger charge is -2.17. The number of rotatable bonds is 5. The molecule has 0 bridgehead atoms. The zero-order valence-corrected chi connectivity index (χ0v) is 11.9. The first-order valence-corrected chi connectivity index (χ1v) is 7.23. The fraction of sp³-hybridized carbons (Fsp3) is 0.600. The predicted molar refractivity (Wildman–Crippen MR) is 75.0 cm³/mol. The molecule has 2 rings (SSSR count). The van der Waals surface area contributed by atoms with Crippen LogP contribution in [0.5, 0.6) is 11.5 Å². The lowest BCUT2D eigenvalue weighted by molar-refractivity contribution is 0.287. The highest BCUT2D eigenvalue weighted by Crippen LogP contribution is 2.41. The second-order valence-corrected chi connectivity index (χ2v) is 5.19. The van der Waals surface area contributed by atoms with Gasteiger partial charge in [-0.05, 0) is 44.4 Å². The summed E-state index contributed by atoms with van der Waals surface area (Å²) < 4.78 is 11.2. The number of benzene rings is 1. The number of hydrogen-bond acceptors (Lipinski definition) is 2. The SMILES string of the molecule is CCOc1ccc(C2CCCC2Cl)cc1OCC. The third-order valence-corrected chi connectivity index (χ3v) is 3.95. The Hall–Kier alpha value is -0.890. The van der Waals surface area contributed by atoms with E-state index in [2.05, 4.69) is 12.1 Å². The van der Waals surface area contributed by atoms with Gasteiger partial charge in [-0.1, -0.05) is 12.5 Å². The summed E-state index contributed by atoms with van der Waals surface area (Å²) in [6, 6.07) is 6.23. The first-order valence-electron chi connectivity index (χ1n) is 6.79. The second-order valence-electron chi connectivity index (χ2n) is 4.63. The maximum atomic E-state index is 6.37. The average Bonchev–Trinajstić information content (AvgIpc) is 2.78. The van der Waals surface area contributed by atoms with E-state index in [0.717, 1.165) is 17.9 Å². The fourth-order valence-electron chi connectivity index (χ4n) is 2.59. The van der Waals surface area contributed by atoms with E-state index in [9.17, 15) is 0 Å². The molecule has 0 radical (unpaired) electrons. The van der Waals surface area contributed by atoms with E-state index in [1.807, 2.05) is 19.9 Å². The highest BCUT2D eigenvalue weighted by Gasteiger charge is 2.27. The number of hydrogen-bond donors (Lipinski definition) is 0. The molecule has 1 aliphatic carbocycles. The Kier molecular flexibility index (Phi) is 4.76. The third kappa shape index (κ3) is 2.92. The molecule has 0 spiro atoms. The van der Waals surface area contributed by atoms with E-state index in [-0.39, 0.29) is 5.38 Å². The Balaban J connectivity index is 2.24. The number of ether oxygens (including phenoxy) is 2. The highest BCUT2D eigenvalue weighted by atomic mass is 35.5. The summed E-state index contributed by atoms with van der Waals surface area (Å²) in [7, 11) is 0. The Bertz CT molecular complexity index is 392. The minimum Gasteiger partial charge on any atom is -0.490 e. The topological polar surface area (TPSA) is 18.5 Å². The van der Waals surface area contributed by atoms with Gasteiger partial charge in [0.2, 0.25) is 0 Å². The maximum Gasteiger partial charge on any atom is 0.161 e. The van der Waals surface area contributed by atoms with Crippen LogP contribution in [0.25, 0.3) is 0 Å². The lowest BCUT2D eigenvalue weighted by atomic mass is 9.97. The van der Waals surface area contributed by atoms with Crippen molar-refractivity contribution in [3.05, 3.63) is 23.8 Å². The molecule has 1 aromatic rings. The van der Waals surface area contributed by atoms with Gasteiger partial charge < -0.3 is 9.47 Å². The molecule has 1 aliphatic rings. The van der Waals surface area contributed by atoms with Gasteiger partial charge in [-0.25, -0.2) is 0 Å². The van der Waals surface area contributed by atoms with Gasteiger partial charge in [0, 0.05) is 11.3 Å². The summed E-state index contributed by atoms with van der Waals surface area (Å²) in [6.45, 7) is 5.28. The van der Waals surface area contributed by atoms with Crippen LogP contribution in [0.1, 0.15) is 44.6 Å². The van der Waals surface area contributed by atoms with Gasteiger partial charge in [0.15, 0.2) is 11.5 Å². The molecule has 0 saturated heterocycles. The molecule has 100 valence electrons. The van der Waals surface area contributed by atoms with Crippen molar-refractivity contribution in [3.8, 4) is 11.5 Å². The molecule has 0 aromatic heterocycles. The van der Waals surface area contributed by atoms with Gasteiger partial charge in [0.25, 0.3) is 0 Å². The van der Waals surface area contributed by atoms with Crippen LogP contribution in [0, 0.1) is 0 Å². The van der Waals surface area contributed by atoms with Gasteiger partial charge >= 0.3 is 0 Å². The van der Waals surface area contributed by atoms with Crippen LogP contribution in [-0.4, -0.2) is 18.6 Å². The minimum atomic E-state index is 0.262. The minimum absolute atomic E-state index is 0.262. The monoisotopic (exact) mass is 268 g/mol. The third-order valence-electron chi connectivity index (χ3n) is 3.43. The molecule has 18 heavy (non-hydrogen) atoms. The van der Waals surface area contributed by atoms with E-state index in [0.29, 0.717) is 19.1 Å². The molecule has 3 heteroatoms. The van der Waals surface area contributed by atoms with Crippen molar-refractivity contribution in [2.75, 3.05) is 13.2 Å². The Morgan fingerprint density at radius 1 is 1.11 bits per heavy atom. The highest BCUT2D eigenvalue weighted by molar-refractivity contribution is 6.21. The van der Waals surface area contributed by atoms with Crippen LogP contribution in [0.3, 0.4) is 0 Å². The average molecular weight is 269 g/mol. The van der Waals surface area contributed by atoms with Crippen molar-refractivity contribution in [1.82, 2.24) is 0 Å². The summed E-state index contributed by atoms with van der Waals surface area (Å²) in [5, 5.41) is 0.262. The largest absolute Gasteiger partial charge is 0.490 e. The zero-order valence-electron chi connectivity index (χ0n) is 11.1. The molecule has 0 N–H and O–H groups in total. The van der Waals surface area contributed by atoms with Gasteiger partial charge in [-0.2, -0.15) is 0 Å². The fourth-order valence-corrected chi connectivity index (χ4v) is 3.01. The van der Waals surface area contributed by atoms with E-state index in [1.54, 1.807) is 0 Å². The predicted octanol–water partition coefficient (Wildman–Crippen LogP) is 4.36. The molecule has 1 fully saturated rings. The van der Waals surface area contributed by atoms with Crippen molar-refractivity contribution in [2.45, 2.75) is 44.4 Å². The molecule has 0 heterocycles. The van der Waals surface area contributed by atoms with Gasteiger partial charge in [-0.3, -0.25) is 0 Å². The summed E-state index contributed by atoms with van der Waals surface area (Å²) in [5.41, 5.74) is 1.28. The van der Waals surface area contributed by atoms with Crippen molar-refractivity contribution >= 4 is 11.6 Å². The Labute approximate surface area is 114 Å². The van der Waals surface area contributed by atoms with Crippen LogP contribution < -0.4 is 9.47 Å². The summed E-state index contributed by atoms with van der Waals surface area (Å²) in [6.07, 6.45) is 3.51. The molecule has 2 atom stereocenters. The van der Waals surface area contributed by atoms with Crippen molar-refractivity contribution < 1.29 is 9.47 Å². The van der Waals surface area contributed by atoms with Crippen LogP contribution in [0.2, 0.25) is 0 Å². The maximum absolute atomic E-state index is 6.37. The van der Waals surface area contributed by atoms with Crippen molar-refractivity contribution in [3.63, 3.8) is 0 Å². The second kappa shape index (κ2) is 6.33. The number of alkyl halides is 1. The molecule has 0 aliphatic heterocycles. The smallest absolute Gasteiger partial charge is 0.161 e. The Morgan fingerprint density at radius 2 is 1.83 bits per heavy atom.